The highest BCUT2D eigenvalue weighted by atomic mass is 16.2. The van der Waals surface area contributed by atoms with Gasteiger partial charge in [-0.2, -0.15) is 14.5 Å². The van der Waals surface area contributed by atoms with E-state index in [0.29, 0.717) is 35.9 Å². The highest BCUT2D eigenvalue weighted by Gasteiger charge is 2.19. The van der Waals surface area contributed by atoms with Crippen LogP contribution in [-0.2, 0) is 0 Å². The molecule has 178 valence electrons. The molecule has 0 radical (unpaired) electrons. The highest BCUT2D eigenvalue weighted by Crippen LogP contribution is 2.29. The molecule has 36 heavy (non-hydrogen) atoms. The first-order valence-electron chi connectivity index (χ1n) is 11.8. The van der Waals surface area contributed by atoms with Gasteiger partial charge in [-0.15, -0.1) is 5.10 Å². The first-order chi connectivity index (χ1) is 17.6. The zero-order valence-electron chi connectivity index (χ0n) is 20.0. The van der Waals surface area contributed by atoms with Crippen LogP contribution in [0.15, 0.2) is 85.2 Å². The Bertz CT molecular complexity index is 1420. The molecule has 0 aliphatic rings. The van der Waals surface area contributed by atoms with E-state index in [2.05, 4.69) is 15.2 Å². The normalized spacial score (nSPS) is 10.9. The van der Waals surface area contributed by atoms with Crippen LogP contribution in [0.1, 0.15) is 36.3 Å². The van der Waals surface area contributed by atoms with Crippen molar-refractivity contribution in [3.63, 3.8) is 0 Å². The van der Waals surface area contributed by atoms with E-state index in [4.69, 9.17) is 4.98 Å². The van der Waals surface area contributed by atoms with Crippen molar-refractivity contribution < 1.29 is 9.59 Å². The van der Waals surface area contributed by atoms with Gasteiger partial charge in [0.25, 0.3) is 0 Å². The average molecular weight is 477 g/mol. The van der Waals surface area contributed by atoms with Gasteiger partial charge in [0.05, 0.1) is 11.4 Å². The van der Waals surface area contributed by atoms with E-state index in [1.54, 1.807) is 26.2 Å². The second-order valence-electron chi connectivity index (χ2n) is 8.18. The van der Waals surface area contributed by atoms with E-state index in [-0.39, 0.29) is 11.8 Å². The van der Waals surface area contributed by atoms with E-state index in [9.17, 15) is 9.59 Å². The van der Waals surface area contributed by atoms with Crippen LogP contribution >= 0.6 is 0 Å². The summed E-state index contributed by atoms with van der Waals surface area (Å²) in [7, 11) is 0. The van der Waals surface area contributed by atoms with Crippen molar-refractivity contribution in [2.45, 2.75) is 26.7 Å². The molecule has 5 rings (SSSR count). The first-order valence-corrected chi connectivity index (χ1v) is 11.8. The Morgan fingerprint density at radius 2 is 1.42 bits per heavy atom. The lowest BCUT2D eigenvalue weighted by Crippen LogP contribution is -2.12. The van der Waals surface area contributed by atoms with Crippen molar-refractivity contribution in [3.05, 3.63) is 85.2 Å². The molecule has 2 aromatic carbocycles. The molecule has 5 aromatic rings. The van der Waals surface area contributed by atoms with Crippen molar-refractivity contribution in [1.29, 1.82) is 0 Å². The van der Waals surface area contributed by atoms with Gasteiger partial charge in [0.1, 0.15) is 0 Å². The number of pyridine rings is 1. The second kappa shape index (κ2) is 9.87. The monoisotopic (exact) mass is 476 g/mol. The summed E-state index contributed by atoms with van der Waals surface area (Å²) in [4.78, 5) is 34.1. The first kappa shape index (κ1) is 23.0. The molecule has 0 saturated carbocycles. The summed E-state index contributed by atoms with van der Waals surface area (Å²) in [6, 6.07) is 22.8. The van der Waals surface area contributed by atoms with Crippen molar-refractivity contribution in [2.75, 3.05) is 0 Å². The summed E-state index contributed by atoms with van der Waals surface area (Å²) in [5.41, 5.74) is 4.49. The quantitative estimate of drug-likeness (QED) is 0.315. The van der Waals surface area contributed by atoms with Crippen LogP contribution in [0.25, 0.3) is 45.3 Å². The molecule has 3 heterocycles. The van der Waals surface area contributed by atoms with Gasteiger partial charge in [-0.25, -0.2) is 4.98 Å². The molecule has 0 saturated heterocycles. The predicted molar refractivity (Wildman–Crippen MR) is 137 cm³/mol. The van der Waals surface area contributed by atoms with E-state index >= 15 is 0 Å². The Labute approximate surface area is 208 Å². The number of hydrogen-bond acceptors (Lipinski definition) is 6. The number of benzene rings is 2. The SMILES string of the molecule is CCC(=O)n1nc(-c2cccc(-c3nc(-c4ccccc4)n(C(=O)CC)n3)c2)cc1-c1cccnc1. The van der Waals surface area contributed by atoms with Crippen LogP contribution in [0.4, 0.5) is 0 Å². The molecular weight excluding hydrogens is 452 g/mol. The molecule has 0 spiro atoms. The van der Waals surface area contributed by atoms with Crippen LogP contribution in [0.5, 0.6) is 0 Å². The van der Waals surface area contributed by atoms with Gasteiger partial charge in [-0.05, 0) is 24.3 Å². The Morgan fingerprint density at radius 3 is 2.14 bits per heavy atom. The van der Waals surface area contributed by atoms with Gasteiger partial charge in [-0.3, -0.25) is 14.6 Å². The number of nitrogens with zero attached hydrogens (tertiary/aromatic N) is 6. The zero-order valence-corrected chi connectivity index (χ0v) is 20.0. The van der Waals surface area contributed by atoms with Gasteiger partial charge in [-0.1, -0.05) is 62.4 Å². The molecule has 3 aromatic heterocycles. The summed E-state index contributed by atoms with van der Waals surface area (Å²) in [6.07, 6.45) is 4.03. The van der Waals surface area contributed by atoms with Crippen LogP contribution in [-0.4, -0.2) is 41.3 Å². The van der Waals surface area contributed by atoms with Gasteiger partial charge in [0.15, 0.2) is 11.6 Å². The molecule has 0 unspecified atom stereocenters. The van der Waals surface area contributed by atoms with Gasteiger partial charge >= 0.3 is 0 Å². The van der Waals surface area contributed by atoms with Crippen LogP contribution in [0.3, 0.4) is 0 Å². The lowest BCUT2D eigenvalue weighted by molar-refractivity contribution is 0.0887. The maximum absolute atomic E-state index is 12.6. The zero-order chi connectivity index (χ0) is 25.1. The van der Waals surface area contributed by atoms with E-state index in [0.717, 1.165) is 22.3 Å². The minimum absolute atomic E-state index is 0.109. The number of carbonyl (C=O) groups is 2. The Kier molecular flexibility index (Phi) is 6.32. The minimum Gasteiger partial charge on any atom is -0.273 e. The number of hydrogen-bond donors (Lipinski definition) is 0. The van der Waals surface area contributed by atoms with E-state index in [1.165, 1.54) is 9.36 Å². The fourth-order valence-electron chi connectivity index (χ4n) is 3.93. The molecule has 0 amide bonds. The Morgan fingerprint density at radius 1 is 0.722 bits per heavy atom. The average Bonchev–Trinajstić information content (AvgIpc) is 3.59. The third-order valence-electron chi connectivity index (χ3n) is 5.80. The van der Waals surface area contributed by atoms with Crippen molar-refractivity contribution in [3.8, 4) is 45.3 Å². The fraction of sp³-hybridized carbons (Fsp3) is 0.143. The van der Waals surface area contributed by atoms with Crippen molar-refractivity contribution >= 4 is 11.8 Å². The Balaban J connectivity index is 1.59. The second-order valence-corrected chi connectivity index (χ2v) is 8.18. The maximum Gasteiger partial charge on any atom is 0.248 e. The number of aromatic nitrogens is 6. The lowest BCUT2D eigenvalue weighted by atomic mass is 10.1. The molecule has 0 N–H and O–H groups in total. The predicted octanol–water partition coefficient (Wildman–Crippen LogP) is 5.64. The van der Waals surface area contributed by atoms with Gasteiger partial charge in [0, 0.05) is 47.5 Å². The molecule has 0 bridgehead atoms. The lowest BCUT2D eigenvalue weighted by Gasteiger charge is -2.03. The van der Waals surface area contributed by atoms with Crippen LogP contribution in [0.2, 0.25) is 0 Å². The molecule has 8 heteroatoms. The Hall–Kier alpha value is -4.72. The third kappa shape index (κ3) is 4.36. The largest absolute Gasteiger partial charge is 0.273 e. The maximum atomic E-state index is 12.6. The molecular formula is C28H24N6O2. The summed E-state index contributed by atoms with van der Waals surface area (Å²) in [6.45, 7) is 3.61. The molecule has 0 aliphatic heterocycles. The molecule has 8 nitrogen and oxygen atoms in total. The minimum atomic E-state index is -0.137. The van der Waals surface area contributed by atoms with E-state index < -0.39 is 0 Å². The highest BCUT2D eigenvalue weighted by molar-refractivity contribution is 5.85. The molecule has 0 atom stereocenters. The van der Waals surface area contributed by atoms with Crippen molar-refractivity contribution in [1.82, 2.24) is 29.5 Å². The van der Waals surface area contributed by atoms with Gasteiger partial charge in [0.2, 0.25) is 11.8 Å². The smallest absolute Gasteiger partial charge is 0.248 e. The fourth-order valence-corrected chi connectivity index (χ4v) is 3.93. The third-order valence-corrected chi connectivity index (χ3v) is 5.80. The molecule has 0 fully saturated rings. The molecule has 0 aliphatic carbocycles. The van der Waals surface area contributed by atoms with E-state index in [1.807, 2.05) is 72.8 Å². The topological polar surface area (TPSA) is 95.6 Å². The van der Waals surface area contributed by atoms with Crippen LogP contribution in [0, 0.1) is 0 Å². The van der Waals surface area contributed by atoms with Gasteiger partial charge < -0.3 is 0 Å². The number of carbonyl (C=O) groups excluding carboxylic acids is 2. The van der Waals surface area contributed by atoms with Crippen molar-refractivity contribution in [2.24, 2.45) is 0 Å². The standard InChI is InChI=1S/C28H24N6O2/c1-3-25(35)33-24(22-14-9-15-29-18-22)17-23(31-33)20-12-8-13-21(16-20)27-30-28(19-10-6-5-7-11-19)34(32-27)26(36)4-2/h5-18H,3-4H2,1-2H3. The summed E-state index contributed by atoms with van der Waals surface area (Å²) in [5.74, 6) is 0.692. The summed E-state index contributed by atoms with van der Waals surface area (Å²) in [5, 5.41) is 9.16. The van der Waals surface area contributed by atoms with Crippen LogP contribution < -0.4 is 0 Å². The number of rotatable bonds is 6. The summed E-state index contributed by atoms with van der Waals surface area (Å²) >= 11 is 0. The summed E-state index contributed by atoms with van der Waals surface area (Å²) < 4.78 is 2.80.